The van der Waals surface area contributed by atoms with E-state index in [4.69, 9.17) is 11.6 Å². The van der Waals surface area contributed by atoms with Gasteiger partial charge in [0.15, 0.2) is 9.84 Å². The SMILES string of the molecule is O=C(CS(=O)(=O)c1ccc(Cl)cc1)Nc1nc2ccccc2[nH]1. The molecule has 0 aliphatic rings. The highest BCUT2D eigenvalue weighted by molar-refractivity contribution is 7.92. The molecule has 1 aromatic heterocycles. The predicted octanol–water partition coefficient (Wildman–Crippen LogP) is 2.63. The Labute approximate surface area is 137 Å². The molecular weight excluding hydrogens is 338 g/mol. The lowest BCUT2D eigenvalue weighted by atomic mass is 10.3. The van der Waals surface area contributed by atoms with Gasteiger partial charge in [-0.15, -0.1) is 0 Å². The van der Waals surface area contributed by atoms with E-state index in [2.05, 4.69) is 15.3 Å². The third-order valence-corrected chi connectivity index (χ3v) is 5.03. The van der Waals surface area contributed by atoms with E-state index in [9.17, 15) is 13.2 Å². The number of fused-ring (bicyclic) bond motifs is 1. The maximum Gasteiger partial charge on any atom is 0.242 e. The summed E-state index contributed by atoms with van der Waals surface area (Å²) in [6.45, 7) is 0. The Bertz CT molecular complexity index is 932. The molecule has 0 aliphatic carbocycles. The molecule has 3 rings (SSSR count). The second-order valence-corrected chi connectivity index (χ2v) is 7.29. The first-order valence-corrected chi connectivity index (χ1v) is 8.70. The van der Waals surface area contributed by atoms with Crippen LogP contribution in [0.4, 0.5) is 5.95 Å². The highest BCUT2D eigenvalue weighted by Gasteiger charge is 2.20. The number of carbonyl (C=O) groups excluding carboxylic acids is 1. The first-order valence-electron chi connectivity index (χ1n) is 6.67. The normalized spacial score (nSPS) is 11.5. The van der Waals surface area contributed by atoms with Crippen molar-refractivity contribution in [1.29, 1.82) is 0 Å². The molecule has 2 aromatic carbocycles. The first kappa shape index (κ1) is 15.5. The minimum Gasteiger partial charge on any atom is -0.324 e. The van der Waals surface area contributed by atoms with Crippen molar-refractivity contribution in [2.24, 2.45) is 0 Å². The molecule has 0 spiro atoms. The number of halogens is 1. The standard InChI is InChI=1S/C15H12ClN3O3S/c16-10-5-7-11(8-6-10)23(21,22)9-14(20)19-15-17-12-3-1-2-4-13(12)18-15/h1-8H,9H2,(H2,17,18,19,20). The van der Waals surface area contributed by atoms with Crippen LogP contribution >= 0.6 is 11.6 Å². The van der Waals surface area contributed by atoms with Crippen molar-refractivity contribution in [1.82, 2.24) is 9.97 Å². The average molecular weight is 350 g/mol. The molecule has 0 bridgehead atoms. The van der Waals surface area contributed by atoms with Crippen LogP contribution in [0.25, 0.3) is 11.0 Å². The number of aromatic nitrogens is 2. The van der Waals surface area contributed by atoms with E-state index in [0.29, 0.717) is 10.5 Å². The summed E-state index contributed by atoms with van der Waals surface area (Å²) in [5.41, 5.74) is 1.44. The van der Waals surface area contributed by atoms with Gasteiger partial charge in [0.2, 0.25) is 11.9 Å². The summed E-state index contributed by atoms with van der Waals surface area (Å²) in [4.78, 5) is 19.1. The van der Waals surface area contributed by atoms with Gasteiger partial charge in [-0.1, -0.05) is 23.7 Å². The van der Waals surface area contributed by atoms with Crippen LogP contribution in [-0.2, 0) is 14.6 Å². The summed E-state index contributed by atoms with van der Waals surface area (Å²) in [5.74, 6) is -1.13. The number of amides is 1. The Morgan fingerprint density at radius 3 is 2.52 bits per heavy atom. The number of hydrogen-bond acceptors (Lipinski definition) is 4. The fraction of sp³-hybridized carbons (Fsp3) is 0.0667. The van der Waals surface area contributed by atoms with Gasteiger partial charge in [-0.3, -0.25) is 10.1 Å². The van der Waals surface area contributed by atoms with E-state index in [-0.39, 0.29) is 10.8 Å². The van der Waals surface area contributed by atoms with Gasteiger partial charge in [0.25, 0.3) is 0 Å². The Balaban J connectivity index is 1.74. The zero-order valence-corrected chi connectivity index (χ0v) is 13.4. The highest BCUT2D eigenvalue weighted by atomic mass is 35.5. The number of aromatic amines is 1. The summed E-state index contributed by atoms with van der Waals surface area (Å²) in [5, 5.41) is 2.88. The number of nitrogens with zero attached hydrogens (tertiary/aromatic N) is 1. The molecule has 118 valence electrons. The van der Waals surface area contributed by atoms with E-state index >= 15 is 0 Å². The number of para-hydroxylation sites is 2. The van der Waals surface area contributed by atoms with Gasteiger partial charge in [-0.25, -0.2) is 13.4 Å². The van der Waals surface area contributed by atoms with E-state index in [0.717, 1.165) is 5.52 Å². The van der Waals surface area contributed by atoms with Crippen LogP contribution in [0.1, 0.15) is 0 Å². The lowest BCUT2D eigenvalue weighted by Gasteiger charge is -2.04. The number of sulfone groups is 1. The molecule has 6 nitrogen and oxygen atoms in total. The van der Waals surface area contributed by atoms with E-state index < -0.39 is 21.5 Å². The van der Waals surface area contributed by atoms with E-state index in [1.165, 1.54) is 24.3 Å². The lowest BCUT2D eigenvalue weighted by molar-refractivity contribution is -0.113. The van der Waals surface area contributed by atoms with Crippen molar-refractivity contribution < 1.29 is 13.2 Å². The van der Waals surface area contributed by atoms with Gasteiger partial charge in [-0.2, -0.15) is 0 Å². The maximum atomic E-state index is 12.2. The quantitative estimate of drug-likeness (QED) is 0.757. The van der Waals surface area contributed by atoms with Gasteiger partial charge in [0.1, 0.15) is 5.75 Å². The Kier molecular flexibility index (Phi) is 4.06. The second kappa shape index (κ2) is 6.02. The molecule has 8 heteroatoms. The van der Waals surface area contributed by atoms with E-state index in [1.807, 2.05) is 18.2 Å². The third kappa shape index (κ3) is 3.52. The number of carbonyl (C=O) groups is 1. The number of benzene rings is 2. The Morgan fingerprint density at radius 1 is 1.13 bits per heavy atom. The van der Waals surface area contributed by atoms with Crippen LogP contribution in [-0.4, -0.2) is 30.0 Å². The highest BCUT2D eigenvalue weighted by Crippen LogP contribution is 2.16. The van der Waals surface area contributed by atoms with Gasteiger partial charge in [-0.05, 0) is 36.4 Å². The molecule has 0 radical (unpaired) electrons. The van der Waals surface area contributed by atoms with Crippen molar-refractivity contribution in [3.8, 4) is 0 Å². The van der Waals surface area contributed by atoms with Crippen LogP contribution in [0.3, 0.4) is 0 Å². The smallest absolute Gasteiger partial charge is 0.242 e. The van der Waals surface area contributed by atoms with Gasteiger partial charge < -0.3 is 4.98 Å². The largest absolute Gasteiger partial charge is 0.324 e. The molecule has 3 aromatic rings. The molecule has 0 fully saturated rings. The molecule has 1 heterocycles. The minimum atomic E-state index is -3.74. The van der Waals surface area contributed by atoms with Crippen molar-refractivity contribution in [3.05, 3.63) is 53.6 Å². The predicted molar refractivity (Wildman–Crippen MR) is 88.2 cm³/mol. The minimum absolute atomic E-state index is 0.0432. The number of rotatable bonds is 4. The average Bonchev–Trinajstić information content (AvgIpc) is 2.88. The van der Waals surface area contributed by atoms with Gasteiger partial charge in [0.05, 0.1) is 15.9 Å². The molecule has 0 atom stereocenters. The van der Waals surface area contributed by atoms with Crippen molar-refractivity contribution in [2.75, 3.05) is 11.1 Å². The lowest BCUT2D eigenvalue weighted by Crippen LogP contribution is -2.23. The second-order valence-electron chi connectivity index (χ2n) is 4.86. The van der Waals surface area contributed by atoms with Crippen LogP contribution in [0.2, 0.25) is 5.02 Å². The van der Waals surface area contributed by atoms with Crippen molar-refractivity contribution in [3.63, 3.8) is 0 Å². The third-order valence-electron chi connectivity index (χ3n) is 3.14. The number of nitrogens with one attached hydrogen (secondary N) is 2. The Hall–Kier alpha value is -2.38. The summed E-state index contributed by atoms with van der Waals surface area (Å²) < 4.78 is 24.4. The van der Waals surface area contributed by atoms with Crippen LogP contribution < -0.4 is 5.32 Å². The number of imidazole rings is 1. The summed E-state index contributed by atoms with van der Waals surface area (Å²) in [7, 11) is -3.74. The molecule has 23 heavy (non-hydrogen) atoms. The van der Waals surface area contributed by atoms with Crippen LogP contribution in [0, 0.1) is 0 Å². The molecular formula is C15H12ClN3O3S. The zero-order valence-electron chi connectivity index (χ0n) is 11.8. The maximum absolute atomic E-state index is 12.2. The zero-order chi connectivity index (χ0) is 16.4. The fourth-order valence-electron chi connectivity index (χ4n) is 2.08. The van der Waals surface area contributed by atoms with Gasteiger partial charge >= 0.3 is 0 Å². The molecule has 1 amide bonds. The van der Waals surface area contributed by atoms with Crippen molar-refractivity contribution >= 4 is 44.3 Å². The summed E-state index contributed by atoms with van der Waals surface area (Å²) >= 11 is 5.73. The first-order chi connectivity index (χ1) is 10.9. The van der Waals surface area contributed by atoms with Crippen LogP contribution in [0.5, 0.6) is 0 Å². The Morgan fingerprint density at radius 2 is 1.83 bits per heavy atom. The monoisotopic (exact) mass is 349 g/mol. The van der Waals surface area contributed by atoms with Crippen molar-refractivity contribution in [2.45, 2.75) is 4.90 Å². The molecule has 0 unspecified atom stereocenters. The molecule has 0 saturated heterocycles. The topological polar surface area (TPSA) is 91.9 Å². The summed E-state index contributed by atoms with van der Waals surface area (Å²) in [6.07, 6.45) is 0. The van der Waals surface area contributed by atoms with Gasteiger partial charge in [0, 0.05) is 5.02 Å². The fourth-order valence-corrected chi connectivity index (χ4v) is 3.34. The number of H-pyrrole nitrogens is 1. The van der Waals surface area contributed by atoms with Crippen LogP contribution in [0.15, 0.2) is 53.4 Å². The summed E-state index contributed by atoms with van der Waals surface area (Å²) in [6, 6.07) is 12.9. The van der Waals surface area contributed by atoms with E-state index in [1.54, 1.807) is 6.07 Å². The number of hydrogen-bond donors (Lipinski definition) is 2. The number of anilines is 1. The molecule has 2 N–H and O–H groups in total. The molecule has 0 aliphatic heterocycles. The molecule has 0 saturated carbocycles.